The molecule has 1 aromatic heterocycles. The van der Waals surface area contributed by atoms with Crippen LogP contribution < -0.4 is 0 Å². The quantitative estimate of drug-likeness (QED) is 0.724. The summed E-state index contributed by atoms with van der Waals surface area (Å²) in [5, 5.41) is 9.88. The Bertz CT molecular complexity index is 279. The number of hydrogen-bond acceptors (Lipinski definition) is 3. The lowest BCUT2D eigenvalue weighted by Gasteiger charge is -2.13. The van der Waals surface area contributed by atoms with Gasteiger partial charge in [0.15, 0.2) is 0 Å². The zero-order valence-electron chi connectivity index (χ0n) is 7.68. The van der Waals surface area contributed by atoms with E-state index in [9.17, 15) is 5.11 Å². The Kier molecular flexibility index (Phi) is 2.33. The van der Waals surface area contributed by atoms with Crippen molar-refractivity contribution in [1.29, 1.82) is 0 Å². The topological polar surface area (TPSA) is 47.3 Å². The predicted molar refractivity (Wildman–Crippen MR) is 47.1 cm³/mol. The molecule has 2 rings (SSSR count). The first-order valence-corrected chi connectivity index (χ1v) is 4.51. The number of hydrogen-bond donors (Lipinski definition) is 1. The van der Waals surface area contributed by atoms with Gasteiger partial charge in [-0.15, -0.1) is 0 Å². The van der Waals surface area contributed by atoms with Crippen molar-refractivity contribution in [2.75, 3.05) is 13.2 Å². The molecule has 0 aliphatic carbocycles. The van der Waals surface area contributed by atoms with Gasteiger partial charge in [-0.2, -0.15) is 0 Å². The van der Waals surface area contributed by atoms with E-state index < -0.39 is 6.10 Å². The van der Waals surface area contributed by atoms with Crippen molar-refractivity contribution in [2.24, 2.45) is 13.0 Å². The maximum Gasteiger partial charge on any atom is 0.103 e. The molecule has 4 heteroatoms. The molecule has 1 aliphatic heterocycles. The molecule has 0 saturated carbocycles. The van der Waals surface area contributed by atoms with E-state index in [1.54, 1.807) is 6.33 Å². The van der Waals surface area contributed by atoms with Gasteiger partial charge in [0.25, 0.3) is 0 Å². The van der Waals surface area contributed by atoms with Crippen molar-refractivity contribution < 1.29 is 9.84 Å². The largest absolute Gasteiger partial charge is 0.386 e. The van der Waals surface area contributed by atoms with E-state index in [4.69, 9.17) is 4.74 Å². The van der Waals surface area contributed by atoms with Crippen molar-refractivity contribution in [3.8, 4) is 0 Å². The Morgan fingerprint density at radius 1 is 1.77 bits per heavy atom. The van der Waals surface area contributed by atoms with Gasteiger partial charge in [0, 0.05) is 25.8 Å². The summed E-state index contributed by atoms with van der Waals surface area (Å²) in [5.41, 5.74) is 0.748. The molecule has 2 atom stereocenters. The van der Waals surface area contributed by atoms with Crippen LogP contribution in [0.3, 0.4) is 0 Å². The van der Waals surface area contributed by atoms with Crippen LogP contribution in [0.2, 0.25) is 0 Å². The predicted octanol–water partition coefficient (Wildman–Crippen LogP) is 0.490. The highest BCUT2D eigenvalue weighted by Gasteiger charge is 2.26. The SMILES string of the molecule is Cn1cnc(C(O)C2CCOC2)c1. The average Bonchev–Trinajstić information content (AvgIpc) is 2.72. The van der Waals surface area contributed by atoms with E-state index >= 15 is 0 Å². The monoisotopic (exact) mass is 182 g/mol. The smallest absolute Gasteiger partial charge is 0.103 e. The molecular weight excluding hydrogens is 168 g/mol. The third kappa shape index (κ3) is 1.73. The first-order chi connectivity index (χ1) is 6.27. The molecular formula is C9H14N2O2. The first-order valence-electron chi connectivity index (χ1n) is 4.51. The van der Waals surface area contributed by atoms with Gasteiger partial charge in [-0.25, -0.2) is 4.98 Å². The van der Waals surface area contributed by atoms with Crippen molar-refractivity contribution >= 4 is 0 Å². The van der Waals surface area contributed by atoms with Crippen LogP contribution in [0.5, 0.6) is 0 Å². The highest BCUT2D eigenvalue weighted by atomic mass is 16.5. The van der Waals surface area contributed by atoms with Gasteiger partial charge in [-0.1, -0.05) is 0 Å². The fourth-order valence-corrected chi connectivity index (χ4v) is 1.63. The highest BCUT2D eigenvalue weighted by molar-refractivity contribution is 5.02. The van der Waals surface area contributed by atoms with Gasteiger partial charge in [0.2, 0.25) is 0 Å². The van der Waals surface area contributed by atoms with Crippen LogP contribution >= 0.6 is 0 Å². The zero-order valence-corrected chi connectivity index (χ0v) is 7.68. The van der Waals surface area contributed by atoms with E-state index in [-0.39, 0.29) is 5.92 Å². The third-order valence-electron chi connectivity index (χ3n) is 2.44. The Morgan fingerprint density at radius 2 is 2.62 bits per heavy atom. The second-order valence-electron chi connectivity index (χ2n) is 3.53. The first kappa shape index (κ1) is 8.72. The van der Waals surface area contributed by atoms with Gasteiger partial charge in [-0.3, -0.25) is 0 Å². The number of aromatic nitrogens is 2. The minimum Gasteiger partial charge on any atom is -0.386 e. The van der Waals surface area contributed by atoms with E-state index in [2.05, 4.69) is 4.98 Å². The minimum atomic E-state index is -0.469. The second-order valence-corrected chi connectivity index (χ2v) is 3.53. The Balaban J connectivity index is 2.07. The Morgan fingerprint density at radius 3 is 3.15 bits per heavy atom. The molecule has 0 amide bonds. The van der Waals surface area contributed by atoms with E-state index in [0.29, 0.717) is 6.61 Å². The molecule has 0 spiro atoms. The van der Waals surface area contributed by atoms with Crippen LogP contribution in [0.15, 0.2) is 12.5 Å². The van der Waals surface area contributed by atoms with Crippen LogP contribution in [0.4, 0.5) is 0 Å². The molecule has 2 heterocycles. The van der Waals surface area contributed by atoms with E-state index in [1.807, 2.05) is 17.8 Å². The summed E-state index contributed by atoms with van der Waals surface area (Å²) < 4.78 is 7.05. The standard InChI is InChI=1S/C9H14N2O2/c1-11-4-8(10-6-11)9(12)7-2-3-13-5-7/h4,6-7,9,12H,2-3,5H2,1H3. The molecule has 0 bridgehead atoms. The lowest BCUT2D eigenvalue weighted by Crippen LogP contribution is -2.12. The summed E-state index contributed by atoms with van der Waals surface area (Å²) in [5.74, 6) is 0.217. The number of imidazole rings is 1. The molecule has 72 valence electrons. The summed E-state index contributed by atoms with van der Waals surface area (Å²) >= 11 is 0. The lowest BCUT2D eigenvalue weighted by molar-refractivity contribution is 0.0888. The number of aliphatic hydroxyl groups excluding tert-OH is 1. The van der Waals surface area contributed by atoms with Crippen molar-refractivity contribution in [3.05, 3.63) is 18.2 Å². The minimum absolute atomic E-state index is 0.217. The Labute approximate surface area is 77.2 Å². The van der Waals surface area contributed by atoms with Gasteiger partial charge in [-0.05, 0) is 6.42 Å². The summed E-state index contributed by atoms with van der Waals surface area (Å²) in [6.07, 6.45) is 4.01. The van der Waals surface area contributed by atoms with Crippen LogP contribution in [-0.4, -0.2) is 27.9 Å². The van der Waals surface area contributed by atoms with Crippen LogP contribution in [0, 0.1) is 5.92 Å². The molecule has 1 N–H and O–H groups in total. The third-order valence-corrected chi connectivity index (χ3v) is 2.44. The molecule has 1 aliphatic rings. The number of aryl methyl sites for hydroxylation is 1. The summed E-state index contributed by atoms with van der Waals surface area (Å²) in [4.78, 5) is 4.12. The molecule has 4 nitrogen and oxygen atoms in total. The average molecular weight is 182 g/mol. The summed E-state index contributed by atoms with van der Waals surface area (Å²) in [6.45, 7) is 1.41. The van der Waals surface area contributed by atoms with Crippen LogP contribution in [-0.2, 0) is 11.8 Å². The fraction of sp³-hybridized carbons (Fsp3) is 0.667. The van der Waals surface area contributed by atoms with E-state index in [1.165, 1.54) is 0 Å². The number of nitrogens with zero attached hydrogens (tertiary/aromatic N) is 2. The summed E-state index contributed by atoms with van der Waals surface area (Å²) in [6, 6.07) is 0. The second kappa shape index (κ2) is 3.47. The van der Waals surface area contributed by atoms with Gasteiger partial charge >= 0.3 is 0 Å². The number of rotatable bonds is 2. The van der Waals surface area contributed by atoms with Gasteiger partial charge in [0.1, 0.15) is 6.10 Å². The van der Waals surface area contributed by atoms with Gasteiger partial charge in [0.05, 0.1) is 18.6 Å². The molecule has 0 aromatic carbocycles. The zero-order chi connectivity index (χ0) is 9.26. The lowest BCUT2D eigenvalue weighted by atomic mass is 10.00. The Hall–Kier alpha value is -0.870. The van der Waals surface area contributed by atoms with E-state index in [0.717, 1.165) is 18.7 Å². The molecule has 1 saturated heterocycles. The maximum atomic E-state index is 9.88. The molecule has 2 unspecified atom stereocenters. The fourth-order valence-electron chi connectivity index (χ4n) is 1.63. The van der Waals surface area contributed by atoms with Crippen LogP contribution in [0.1, 0.15) is 18.2 Å². The molecule has 1 fully saturated rings. The van der Waals surface area contributed by atoms with Gasteiger partial charge < -0.3 is 14.4 Å². The molecule has 0 radical (unpaired) electrons. The van der Waals surface area contributed by atoms with Crippen LogP contribution in [0.25, 0.3) is 0 Å². The normalized spacial score (nSPS) is 24.9. The number of aliphatic hydroxyl groups is 1. The number of ether oxygens (including phenoxy) is 1. The highest BCUT2D eigenvalue weighted by Crippen LogP contribution is 2.27. The van der Waals surface area contributed by atoms with Crippen molar-refractivity contribution in [1.82, 2.24) is 9.55 Å². The molecule has 13 heavy (non-hydrogen) atoms. The maximum absolute atomic E-state index is 9.88. The summed E-state index contributed by atoms with van der Waals surface area (Å²) in [7, 11) is 1.90. The van der Waals surface area contributed by atoms with Crippen molar-refractivity contribution in [2.45, 2.75) is 12.5 Å². The molecule has 1 aromatic rings. The van der Waals surface area contributed by atoms with Crippen molar-refractivity contribution in [3.63, 3.8) is 0 Å².